The highest BCUT2D eigenvalue weighted by Crippen LogP contribution is 2.33. The van der Waals surface area contributed by atoms with Crippen LogP contribution in [-0.2, 0) is 16.4 Å². The first-order valence-corrected chi connectivity index (χ1v) is 10.8. The number of nitrogens with two attached hydrogens (primary N) is 1. The Hall–Kier alpha value is -3.12. The van der Waals surface area contributed by atoms with Crippen molar-refractivity contribution in [3.63, 3.8) is 0 Å². The number of nitrogens with zero attached hydrogens (tertiary/aromatic N) is 1. The summed E-state index contributed by atoms with van der Waals surface area (Å²) in [6, 6.07) is 18.5. The highest BCUT2D eigenvalue weighted by atomic mass is 32.2. The third-order valence-corrected chi connectivity index (χ3v) is 6.21. The number of benzene rings is 3. The molecule has 1 heterocycles. The van der Waals surface area contributed by atoms with Crippen LogP contribution in [-0.4, -0.2) is 25.1 Å². The fourth-order valence-corrected chi connectivity index (χ4v) is 4.73. The van der Waals surface area contributed by atoms with Gasteiger partial charge in [-0.05, 0) is 42.3 Å². The Morgan fingerprint density at radius 2 is 1.75 bits per heavy atom. The van der Waals surface area contributed by atoms with Crippen molar-refractivity contribution in [2.45, 2.75) is 18.4 Å². The first kappa shape index (κ1) is 18.3. The van der Waals surface area contributed by atoms with Crippen LogP contribution in [0.25, 0.3) is 21.8 Å². The van der Waals surface area contributed by atoms with Crippen molar-refractivity contribution in [1.29, 1.82) is 0 Å². The zero-order valence-corrected chi connectivity index (χ0v) is 16.5. The molecule has 0 aliphatic carbocycles. The second-order valence-electron chi connectivity index (χ2n) is 7.05. The lowest BCUT2D eigenvalue weighted by Gasteiger charge is -2.12. The van der Waals surface area contributed by atoms with Gasteiger partial charge in [-0.1, -0.05) is 36.4 Å². The van der Waals surface area contributed by atoms with Gasteiger partial charge in [0.2, 0.25) is 5.91 Å². The number of primary amides is 1. The Labute approximate surface area is 163 Å². The molecule has 28 heavy (non-hydrogen) atoms. The van der Waals surface area contributed by atoms with Crippen LogP contribution in [0.4, 0.5) is 0 Å². The lowest BCUT2D eigenvalue weighted by molar-refractivity contribution is 0.100. The second kappa shape index (κ2) is 6.49. The van der Waals surface area contributed by atoms with Gasteiger partial charge in [-0.2, -0.15) is 0 Å². The summed E-state index contributed by atoms with van der Waals surface area (Å²) in [4.78, 5) is 12.3. The Morgan fingerprint density at radius 3 is 2.46 bits per heavy atom. The van der Waals surface area contributed by atoms with E-state index in [1.165, 1.54) is 6.26 Å². The van der Waals surface area contributed by atoms with Gasteiger partial charge in [-0.25, -0.2) is 8.42 Å². The molecule has 0 saturated carbocycles. The molecule has 0 radical (unpaired) electrons. The molecule has 6 heteroatoms. The summed E-state index contributed by atoms with van der Waals surface area (Å²) in [5.41, 5.74) is 9.64. The minimum atomic E-state index is -3.36. The van der Waals surface area contributed by atoms with Crippen LogP contribution in [0.1, 0.15) is 21.5 Å². The van der Waals surface area contributed by atoms with E-state index < -0.39 is 15.7 Å². The first-order valence-electron chi connectivity index (χ1n) is 8.86. The lowest BCUT2D eigenvalue weighted by atomic mass is 10.1. The van der Waals surface area contributed by atoms with Gasteiger partial charge in [0, 0.05) is 34.7 Å². The van der Waals surface area contributed by atoms with E-state index in [1.807, 2.05) is 47.9 Å². The number of amides is 1. The SMILES string of the molecule is Cc1ccc2c3c(C(N)=O)cccc3n(Cc3ccccc3S(C)(=O)=O)c2c1. The van der Waals surface area contributed by atoms with Gasteiger partial charge in [-0.15, -0.1) is 0 Å². The molecule has 0 fully saturated rings. The number of hydrogen-bond acceptors (Lipinski definition) is 3. The Kier molecular flexibility index (Phi) is 4.23. The average Bonchev–Trinajstić information content (AvgIpc) is 2.94. The molecule has 4 rings (SSSR count). The molecule has 0 aliphatic heterocycles. The van der Waals surface area contributed by atoms with Gasteiger partial charge in [0.05, 0.1) is 10.4 Å². The third kappa shape index (κ3) is 2.96. The Balaban J connectivity index is 2.06. The van der Waals surface area contributed by atoms with Gasteiger partial charge in [-0.3, -0.25) is 4.79 Å². The van der Waals surface area contributed by atoms with Gasteiger partial charge >= 0.3 is 0 Å². The molecule has 4 aromatic rings. The summed E-state index contributed by atoms with van der Waals surface area (Å²) in [6.07, 6.45) is 1.22. The fourth-order valence-electron chi connectivity index (χ4n) is 3.80. The Morgan fingerprint density at radius 1 is 1.00 bits per heavy atom. The monoisotopic (exact) mass is 392 g/mol. The van der Waals surface area contributed by atoms with Crippen LogP contribution in [0.2, 0.25) is 0 Å². The van der Waals surface area contributed by atoms with E-state index >= 15 is 0 Å². The van der Waals surface area contributed by atoms with Gasteiger partial charge in [0.1, 0.15) is 0 Å². The van der Waals surface area contributed by atoms with Crippen molar-refractivity contribution in [1.82, 2.24) is 4.57 Å². The topological polar surface area (TPSA) is 82.2 Å². The minimum Gasteiger partial charge on any atom is -0.366 e. The standard InChI is InChI=1S/C22H20N2O3S/c1-14-10-11-16-19(12-14)24(18-8-5-7-17(21(16)18)22(23)25)13-15-6-3-4-9-20(15)28(2,26)27/h3-12H,13H2,1-2H3,(H2,23,25). The van der Waals surface area contributed by atoms with E-state index in [9.17, 15) is 13.2 Å². The van der Waals surface area contributed by atoms with E-state index in [0.29, 0.717) is 22.6 Å². The molecule has 0 spiro atoms. The summed E-state index contributed by atoms with van der Waals surface area (Å²) in [7, 11) is -3.36. The molecule has 142 valence electrons. The fraction of sp³-hybridized carbons (Fsp3) is 0.136. The largest absolute Gasteiger partial charge is 0.366 e. The molecule has 0 atom stereocenters. The summed E-state index contributed by atoms with van der Waals surface area (Å²) in [5, 5.41) is 1.72. The van der Waals surface area contributed by atoms with Crippen molar-refractivity contribution < 1.29 is 13.2 Å². The predicted molar refractivity (Wildman–Crippen MR) is 111 cm³/mol. The number of carbonyl (C=O) groups is 1. The Bertz CT molecular complexity index is 1350. The number of aromatic nitrogens is 1. The van der Waals surface area contributed by atoms with Crippen molar-refractivity contribution in [3.05, 3.63) is 77.4 Å². The summed E-state index contributed by atoms with van der Waals surface area (Å²) in [6.45, 7) is 2.37. The molecular formula is C22H20N2O3S. The molecule has 5 nitrogen and oxygen atoms in total. The van der Waals surface area contributed by atoms with E-state index in [0.717, 1.165) is 27.4 Å². The molecule has 3 aromatic carbocycles. The number of hydrogen-bond donors (Lipinski definition) is 1. The van der Waals surface area contributed by atoms with Gasteiger partial charge < -0.3 is 10.3 Å². The number of carbonyl (C=O) groups excluding carboxylic acids is 1. The third-order valence-electron chi connectivity index (χ3n) is 5.01. The molecule has 0 aliphatic rings. The molecule has 0 unspecified atom stereocenters. The van der Waals surface area contributed by atoms with Crippen LogP contribution in [0.5, 0.6) is 0 Å². The minimum absolute atomic E-state index is 0.309. The molecule has 1 aromatic heterocycles. The average molecular weight is 392 g/mol. The van der Waals surface area contributed by atoms with E-state index in [1.54, 1.807) is 24.3 Å². The number of aryl methyl sites for hydroxylation is 1. The molecule has 0 bridgehead atoms. The van der Waals surface area contributed by atoms with Crippen LogP contribution < -0.4 is 5.73 Å². The second-order valence-corrected chi connectivity index (χ2v) is 9.03. The van der Waals surface area contributed by atoms with Crippen molar-refractivity contribution in [2.75, 3.05) is 6.26 Å². The lowest BCUT2D eigenvalue weighted by Crippen LogP contribution is -2.11. The highest BCUT2D eigenvalue weighted by molar-refractivity contribution is 7.90. The summed E-state index contributed by atoms with van der Waals surface area (Å²) in [5.74, 6) is -0.484. The highest BCUT2D eigenvalue weighted by Gasteiger charge is 2.19. The van der Waals surface area contributed by atoms with E-state index in [2.05, 4.69) is 0 Å². The van der Waals surface area contributed by atoms with Crippen LogP contribution in [0.3, 0.4) is 0 Å². The number of rotatable bonds is 4. The number of sulfone groups is 1. The maximum Gasteiger partial charge on any atom is 0.249 e. The normalized spacial score (nSPS) is 11.9. The van der Waals surface area contributed by atoms with Gasteiger partial charge in [0.15, 0.2) is 9.84 Å². The van der Waals surface area contributed by atoms with Crippen LogP contribution >= 0.6 is 0 Å². The summed E-state index contributed by atoms with van der Waals surface area (Å²) >= 11 is 0. The van der Waals surface area contributed by atoms with Crippen LogP contribution in [0.15, 0.2) is 65.6 Å². The molecule has 1 amide bonds. The molecular weight excluding hydrogens is 372 g/mol. The van der Waals surface area contributed by atoms with E-state index in [-0.39, 0.29) is 0 Å². The van der Waals surface area contributed by atoms with Crippen molar-refractivity contribution >= 4 is 37.6 Å². The zero-order chi connectivity index (χ0) is 20.1. The maximum atomic E-state index is 12.2. The number of fused-ring (bicyclic) bond motifs is 3. The zero-order valence-electron chi connectivity index (χ0n) is 15.6. The van der Waals surface area contributed by atoms with E-state index in [4.69, 9.17) is 5.73 Å². The van der Waals surface area contributed by atoms with Crippen LogP contribution in [0, 0.1) is 6.92 Å². The smallest absolute Gasteiger partial charge is 0.249 e. The quantitative estimate of drug-likeness (QED) is 0.575. The summed E-state index contributed by atoms with van der Waals surface area (Å²) < 4.78 is 26.5. The predicted octanol–water partition coefficient (Wildman–Crippen LogP) is 3.65. The first-order chi connectivity index (χ1) is 13.3. The molecule has 0 saturated heterocycles. The molecule has 2 N–H and O–H groups in total. The van der Waals surface area contributed by atoms with Gasteiger partial charge in [0.25, 0.3) is 0 Å². The van der Waals surface area contributed by atoms with Crippen molar-refractivity contribution in [3.8, 4) is 0 Å². The van der Waals surface area contributed by atoms with Crippen molar-refractivity contribution in [2.24, 2.45) is 5.73 Å². The maximum absolute atomic E-state index is 12.2.